The summed E-state index contributed by atoms with van der Waals surface area (Å²) < 4.78 is 0. The minimum atomic E-state index is 0.476. The molecular formula is C58H108. The summed E-state index contributed by atoms with van der Waals surface area (Å²) in [6, 6.07) is 0. The van der Waals surface area contributed by atoms with Gasteiger partial charge in [0.1, 0.15) is 0 Å². The average molecular weight is 806 g/mol. The smallest absolute Gasteiger partial charge is 0.0113 e. The molecule has 7 aliphatic rings. The second-order valence-corrected chi connectivity index (χ2v) is 27.1. The first-order valence-corrected chi connectivity index (χ1v) is 25.2. The molecule has 5 fully saturated rings. The molecule has 14 unspecified atom stereocenters. The van der Waals surface area contributed by atoms with Crippen molar-refractivity contribution in [1.82, 2.24) is 0 Å². The Balaban J connectivity index is 0.000000195. The lowest BCUT2D eigenvalue weighted by atomic mass is 9.66. The van der Waals surface area contributed by atoms with Crippen LogP contribution in [0.3, 0.4) is 0 Å². The molecule has 0 saturated heterocycles. The van der Waals surface area contributed by atoms with Crippen molar-refractivity contribution < 1.29 is 0 Å². The van der Waals surface area contributed by atoms with Gasteiger partial charge in [-0.15, -0.1) is 0 Å². The molecule has 0 heterocycles. The van der Waals surface area contributed by atoms with Crippen LogP contribution in [0.4, 0.5) is 0 Å². The summed E-state index contributed by atoms with van der Waals surface area (Å²) in [5.74, 6) is 9.87. The molecule has 0 N–H and O–H groups in total. The maximum atomic E-state index is 2.51. The molecule has 340 valence electrons. The molecule has 7 rings (SSSR count). The number of rotatable bonds is 2. The van der Waals surface area contributed by atoms with Crippen LogP contribution in [0.25, 0.3) is 0 Å². The van der Waals surface area contributed by atoms with E-state index in [-0.39, 0.29) is 0 Å². The van der Waals surface area contributed by atoms with Crippen LogP contribution in [0.15, 0.2) is 22.3 Å². The van der Waals surface area contributed by atoms with Crippen LogP contribution in [0.5, 0.6) is 0 Å². The Hall–Kier alpha value is -0.520. The average Bonchev–Trinajstić information content (AvgIpc) is 3.59. The van der Waals surface area contributed by atoms with Crippen molar-refractivity contribution in [2.45, 2.75) is 233 Å². The first kappa shape index (κ1) is 51.8. The van der Waals surface area contributed by atoms with E-state index in [0.717, 1.165) is 65.1 Å². The molecule has 0 nitrogen and oxygen atoms in total. The number of hydrogen-bond donors (Lipinski definition) is 0. The van der Waals surface area contributed by atoms with Gasteiger partial charge in [0.15, 0.2) is 0 Å². The van der Waals surface area contributed by atoms with Crippen LogP contribution >= 0.6 is 0 Å². The molecule has 0 spiro atoms. The summed E-state index contributed by atoms with van der Waals surface area (Å²) in [6.07, 6.45) is 6.79. The lowest BCUT2D eigenvalue weighted by Crippen LogP contribution is -2.32. The highest BCUT2D eigenvalue weighted by Gasteiger charge is 2.80. The van der Waals surface area contributed by atoms with E-state index >= 15 is 0 Å². The van der Waals surface area contributed by atoms with Gasteiger partial charge >= 0.3 is 0 Å². The Morgan fingerprint density at radius 2 is 0.897 bits per heavy atom. The summed E-state index contributed by atoms with van der Waals surface area (Å²) in [5.41, 5.74) is 11.7. The third kappa shape index (κ3) is 7.78. The Labute approximate surface area is 367 Å². The molecular weight excluding hydrogens is 697 g/mol. The Kier molecular flexibility index (Phi) is 14.5. The Morgan fingerprint density at radius 3 is 1.09 bits per heavy atom. The van der Waals surface area contributed by atoms with Crippen molar-refractivity contribution in [2.24, 2.45) is 114 Å². The minimum absolute atomic E-state index is 0.476. The number of hydrogen-bond acceptors (Lipinski definition) is 0. The van der Waals surface area contributed by atoms with Crippen LogP contribution in [0, 0.1) is 114 Å². The van der Waals surface area contributed by atoms with E-state index < -0.39 is 0 Å². The van der Waals surface area contributed by atoms with E-state index in [1.54, 1.807) is 22.3 Å². The summed E-state index contributed by atoms with van der Waals surface area (Å²) >= 11 is 0. The lowest BCUT2D eigenvalue weighted by molar-refractivity contribution is 0.0933. The molecule has 0 aromatic heterocycles. The first-order chi connectivity index (χ1) is 25.8. The third-order valence-corrected chi connectivity index (χ3v) is 24.0. The van der Waals surface area contributed by atoms with Crippen molar-refractivity contribution >= 4 is 0 Å². The molecule has 0 aromatic carbocycles. The molecule has 0 aromatic rings. The minimum Gasteiger partial charge on any atom is -0.0710 e. The van der Waals surface area contributed by atoms with Crippen LogP contribution in [-0.4, -0.2) is 0 Å². The molecule has 58 heavy (non-hydrogen) atoms. The van der Waals surface area contributed by atoms with Gasteiger partial charge in [0.25, 0.3) is 0 Å². The standard InChI is InChI=1S/C14H26.C13H24.C11H20.C10H18.C10H20/c1-8-14-10(3)12(4,5)9(2)11(14)13(14,6)7;1-8-10-12(5,6)13(10,7)9(2)11(8,3)4;1-6-11(5)7-8(2)9(3)10(11)4;1-7-6-10(4,5)9(3)8(7)2;1-7-6-8(2)10(4,5)9(7)3/h9-11H,8H2,1-7H3;8-10H,1-7H3;8H,6-7H2,1-5H3;7H,6H2,1-5H3;7-9H,6H2,1-5H3. The predicted molar refractivity (Wildman–Crippen MR) is 262 cm³/mol. The highest BCUT2D eigenvalue weighted by molar-refractivity contribution is 5.29. The van der Waals surface area contributed by atoms with E-state index in [1.165, 1.54) is 32.1 Å². The SMILES string of the molecule is CC1=C(C)C(C)(C)CC1C.CC1C2C(C)(C)C2(C)C(C)C1(C)C.CC1CC(C)C(C)(C)C1C.CCC1(C)CC(C)C(C)=C1C.CCC12C(C)C(C)(C)C(C)C1C2(C)C. The monoisotopic (exact) mass is 805 g/mol. The fourth-order valence-corrected chi connectivity index (χ4v) is 16.4. The predicted octanol–water partition coefficient (Wildman–Crippen LogP) is 18.8. The van der Waals surface area contributed by atoms with Crippen molar-refractivity contribution in [3.05, 3.63) is 22.3 Å². The Bertz CT molecular complexity index is 1510. The van der Waals surface area contributed by atoms with Gasteiger partial charge in [0.05, 0.1) is 0 Å². The second-order valence-electron chi connectivity index (χ2n) is 27.1. The molecule has 0 radical (unpaired) electrons. The fourth-order valence-electron chi connectivity index (χ4n) is 16.4. The summed E-state index contributed by atoms with van der Waals surface area (Å²) in [6.45, 7) is 69.7. The maximum absolute atomic E-state index is 2.51. The zero-order valence-corrected chi connectivity index (χ0v) is 45.4. The van der Waals surface area contributed by atoms with Crippen LogP contribution < -0.4 is 0 Å². The maximum Gasteiger partial charge on any atom is -0.0113 e. The van der Waals surface area contributed by atoms with Crippen LogP contribution in [0.1, 0.15) is 233 Å². The zero-order valence-electron chi connectivity index (χ0n) is 45.4. The van der Waals surface area contributed by atoms with Gasteiger partial charge in [-0.3, -0.25) is 0 Å². The van der Waals surface area contributed by atoms with E-state index in [4.69, 9.17) is 0 Å². The van der Waals surface area contributed by atoms with Gasteiger partial charge in [-0.2, -0.15) is 0 Å². The summed E-state index contributed by atoms with van der Waals surface area (Å²) in [4.78, 5) is 0. The molecule has 7 aliphatic carbocycles. The fraction of sp³-hybridized carbons (Fsp3) is 0.931. The highest BCUT2D eigenvalue weighted by atomic mass is 14.8. The lowest BCUT2D eigenvalue weighted by Gasteiger charge is -2.39. The van der Waals surface area contributed by atoms with E-state index in [2.05, 4.69) is 201 Å². The van der Waals surface area contributed by atoms with E-state index in [9.17, 15) is 0 Å². The topological polar surface area (TPSA) is 0 Å². The van der Waals surface area contributed by atoms with Gasteiger partial charge in [-0.1, -0.05) is 195 Å². The van der Waals surface area contributed by atoms with Crippen LogP contribution in [0.2, 0.25) is 0 Å². The normalized spacial score (nSPS) is 46.0. The van der Waals surface area contributed by atoms with Gasteiger partial charge in [0.2, 0.25) is 0 Å². The van der Waals surface area contributed by atoms with Gasteiger partial charge in [-0.05, 0) is 174 Å². The van der Waals surface area contributed by atoms with Gasteiger partial charge in [0, 0.05) is 0 Å². The zero-order chi connectivity index (χ0) is 45.7. The van der Waals surface area contributed by atoms with Crippen molar-refractivity contribution in [1.29, 1.82) is 0 Å². The van der Waals surface area contributed by atoms with E-state index in [0.29, 0.717) is 48.7 Å². The van der Waals surface area contributed by atoms with Gasteiger partial charge in [-0.25, -0.2) is 0 Å². The third-order valence-electron chi connectivity index (χ3n) is 24.0. The largest absolute Gasteiger partial charge is 0.0710 e. The Morgan fingerprint density at radius 1 is 0.466 bits per heavy atom. The molecule has 0 bridgehead atoms. The van der Waals surface area contributed by atoms with Crippen molar-refractivity contribution in [2.75, 3.05) is 0 Å². The molecule has 14 atom stereocenters. The van der Waals surface area contributed by atoms with Gasteiger partial charge < -0.3 is 0 Å². The highest BCUT2D eigenvalue weighted by Crippen LogP contribution is 2.85. The molecule has 0 aliphatic heterocycles. The van der Waals surface area contributed by atoms with E-state index in [1.807, 2.05) is 0 Å². The van der Waals surface area contributed by atoms with Crippen molar-refractivity contribution in [3.8, 4) is 0 Å². The molecule has 5 saturated carbocycles. The summed E-state index contributed by atoms with van der Waals surface area (Å²) in [5, 5.41) is 0. The van der Waals surface area contributed by atoms with Crippen LogP contribution in [-0.2, 0) is 0 Å². The van der Waals surface area contributed by atoms with Crippen molar-refractivity contribution in [3.63, 3.8) is 0 Å². The molecule has 0 heteroatoms. The number of fused-ring (bicyclic) bond motifs is 2. The second kappa shape index (κ2) is 16.2. The number of allylic oxidation sites excluding steroid dienone is 4. The molecule has 0 amide bonds. The summed E-state index contributed by atoms with van der Waals surface area (Å²) in [7, 11) is 0. The first-order valence-electron chi connectivity index (χ1n) is 25.2. The quantitative estimate of drug-likeness (QED) is 0.244.